The van der Waals surface area contributed by atoms with Crippen LogP contribution in [0.2, 0.25) is 0 Å². The van der Waals surface area contributed by atoms with E-state index in [0.29, 0.717) is 47.1 Å². The maximum absolute atomic E-state index is 14.2. The van der Waals surface area contributed by atoms with E-state index in [1.54, 1.807) is 52.0 Å². The lowest BCUT2D eigenvalue weighted by atomic mass is 9.82. The Morgan fingerprint density at radius 2 is 1.74 bits per heavy atom. The molecule has 0 radical (unpaired) electrons. The number of aliphatic hydroxyl groups excluding tert-OH is 1. The fourth-order valence-corrected chi connectivity index (χ4v) is 7.20. The lowest BCUT2D eigenvalue weighted by Gasteiger charge is -2.36. The second-order valence-electron chi connectivity index (χ2n) is 12.9. The molecule has 50 heavy (non-hydrogen) atoms. The molecule has 10 nitrogen and oxygen atoms in total. The summed E-state index contributed by atoms with van der Waals surface area (Å²) in [5, 5.41) is 22.2. The molecule has 10 heteroatoms. The number of nitrogens with zero attached hydrogens (tertiary/aromatic N) is 3. The number of aliphatic hydroxyl groups is 2. The number of ether oxygens (including phenoxy) is 2. The molecule has 2 N–H and O–H groups in total. The van der Waals surface area contributed by atoms with Gasteiger partial charge in [-0.15, -0.1) is 0 Å². The Morgan fingerprint density at radius 3 is 2.50 bits per heavy atom. The molecule has 256 valence electrons. The van der Waals surface area contributed by atoms with Crippen LogP contribution in [0.25, 0.3) is 0 Å². The van der Waals surface area contributed by atoms with E-state index in [4.69, 9.17) is 9.47 Å². The Balaban J connectivity index is 1.10. The van der Waals surface area contributed by atoms with E-state index in [2.05, 4.69) is 0 Å². The van der Waals surface area contributed by atoms with Crippen molar-refractivity contribution in [2.45, 2.75) is 44.5 Å². The van der Waals surface area contributed by atoms with Crippen molar-refractivity contribution in [3.63, 3.8) is 0 Å². The smallest absolute Gasteiger partial charge is 0.269 e. The molecule has 0 spiro atoms. The fraction of sp³-hybridized carbons (Fsp3) is 0.275. The van der Waals surface area contributed by atoms with Crippen LogP contribution >= 0.6 is 0 Å². The van der Waals surface area contributed by atoms with Gasteiger partial charge in [-0.05, 0) is 65.6 Å². The van der Waals surface area contributed by atoms with Crippen molar-refractivity contribution in [1.29, 1.82) is 0 Å². The second-order valence-corrected chi connectivity index (χ2v) is 12.9. The minimum atomic E-state index is -1.91. The first-order valence-electron chi connectivity index (χ1n) is 16.7. The lowest BCUT2D eigenvalue weighted by Crippen LogP contribution is -2.46. The average Bonchev–Trinajstić information content (AvgIpc) is 3.36. The van der Waals surface area contributed by atoms with Gasteiger partial charge in [-0.3, -0.25) is 19.3 Å². The quantitative estimate of drug-likeness (QED) is 0.240. The molecule has 0 saturated carbocycles. The molecule has 0 fully saturated rings. The summed E-state index contributed by atoms with van der Waals surface area (Å²) >= 11 is 0. The van der Waals surface area contributed by atoms with E-state index in [1.807, 2.05) is 72.8 Å². The van der Waals surface area contributed by atoms with Gasteiger partial charge in [0.2, 0.25) is 5.91 Å². The second kappa shape index (κ2) is 13.5. The molecule has 0 bridgehead atoms. The summed E-state index contributed by atoms with van der Waals surface area (Å²) in [5.74, 6) is -0.367. The number of amides is 3. The molecule has 3 heterocycles. The number of fused-ring (bicyclic) bond motifs is 3. The third-order valence-corrected chi connectivity index (χ3v) is 9.98. The minimum Gasteiger partial charge on any atom is -0.497 e. The molecule has 4 aromatic rings. The summed E-state index contributed by atoms with van der Waals surface area (Å²) in [5.41, 5.74) is 3.42. The van der Waals surface area contributed by atoms with Crippen molar-refractivity contribution in [3.05, 3.63) is 125 Å². The molecule has 7 rings (SSSR count). The van der Waals surface area contributed by atoms with Gasteiger partial charge in [-0.2, -0.15) is 0 Å². The molecule has 0 saturated heterocycles. The third-order valence-electron chi connectivity index (χ3n) is 9.98. The molecular weight excluding hydrogens is 634 g/mol. The lowest BCUT2D eigenvalue weighted by molar-refractivity contribution is -0.139. The van der Waals surface area contributed by atoms with Gasteiger partial charge in [-0.1, -0.05) is 67.6 Å². The number of benzene rings is 4. The Bertz CT molecular complexity index is 1980. The zero-order chi connectivity index (χ0) is 35.0. The van der Waals surface area contributed by atoms with Gasteiger partial charge in [-0.25, -0.2) is 0 Å². The van der Waals surface area contributed by atoms with E-state index in [1.165, 1.54) is 7.11 Å². The number of para-hydroxylation sites is 2. The number of anilines is 3. The van der Waals surface area contributed by atoms with Crippen LogP contribution in [0.5, 0.6) is 11.5 Å². The normalized spacial score (nSPS) is 20.3. The Hall–Kier alpha value is -5.45. The van der Waals surface area contributed by atoms with Crippen molar-refractivity contribution in [3.8, 4) is 11.5 Å². The first kappa shape index (κ1) is 33.1. The van der Waals surface area contributed by atoms with E-state index < -0.39 is 17.4 Å². The number of hydrogen-bond donors (Lipinski definition) is 2. The average molecular weight is 674 g/mol. The highest BCUT2D eigenvalue weighted by Gasteiger charge is 2.52. The summed E-state index contributed by atoms with van der Waals surface area (Å²) in [4.78, 5) is 45.3. The highest BCUT2D eigenvalue weighted by molar-refractivity contribution is 6.07. The van der Waals surface area contributed by atoms with Crippen LogP contribution in [0.3, 0.4) is 0 Å². The maximum Gasteiger partial charge on any atom is 0.269 e. The molecule has 3 aliphatic heterocycles. The molecule has 0 aliphatic carbocycles. The molecule has 3 amide bonds. The topological polar surface area (TPSA) is 120 Å². The van der Waals surface area contributed by atoms with Crippen LogP contribution in [0.15, 0.2) is 103 Å². The van der Waals surface area contributed by atoms with Crippen molar-refractivity contribution in [2.24, 2.45) is 5.92 Å². The summed E-state index contributed by atoms with van der Waals surface area (Å²) in [7, 11) is 1.53. The van der Waals surface area contributed by atoms with Gasteiger partial charge >= 0.3 is 0 Å². The van der Waals surface area contributed by atoms with E-state index in [-0.39, 0.29) is 44.0 Å². The summed E-state index contributed by atoms with van der Waals surface area (Å²) in [6.07, 6.45) is 4.05. The van der Waals surface area contributed by atoms with Crippen molar-refractivity contribution >= 4 is 34.8 Å². The van der Waals surface area contributed by atoms with E-state index >= 15 is 0 Å². The van der Waals surface area contributed by atoms with Crippen molar-refractivity contribution in [2.75, 3.05) is 30.1 Å². The first-order chi connectivity index (χ1) is 24.2. The minimum absolute atomic E-state index is 0.0589. The molecular formula is C40H39N3O7. The monoisotopic (exact) mass is 673 g/mol. The number of rotatable bonds is 9. The summed E-state index contributed by atoms with van der Waals surface area (Å²) < 4.78 is 11.0. The van der Waals surface area contributed by atoms with Gasteiger partial charge in [0.1, 0.15) is 11.5 Å². The Kier molecular flexibility index (Phi) is 8.90. The standard InChI is InChI=1S/C40H39N3O7/c1-26(8-7-13-37(45)41-23-29-10-4-3-9-28(29)20-31(41)24-44)40(48)33-21-32(49-2)18-19-34(33)42(39(40)47)22-27-14-16-30(17-15-27)43-35-11-5-6-12-36(35)50-25-38(43)46/h3-12,14-19,21,26,31,44,48H,13,20,22-25H2,1-2H3/b8-7+/t26-,31-,40+/m0/s1. The van der Waals surface area contributed by atoms with Crippen molar-refractivity contribution in [1.82, 2.24) is 4.90 Å². The number of carbonyl (C=O) groups excluding carboxylic acids is 3. The van der Waals surface area contributed by atoms with Crippen LogP contribution in [-0.4, -0.2) is 59.2 Å². The van der Waals surface area contributed by atoms with Crippen LogP contribution in [0.1, 0.15) is 35.6 Å². The molecule has 3 aliphatic rings. The van der Waals surface area contributed by atoms with Gasteiger partial charge in [0, 0.05) is 30.1 Å². The number of hydrogen-bond acceptors (Lipinski definition) is 7. The summed E-state index contributed by atoms with van der Waals surface area (Å²) in [6, 6.07) is 27.6. The molecule has 3 atom stereocenters. The Morgan fingerprint density at radius 1 is 1.00 bits per heavy atom. The maximum atomic E-state index is 14.2. The predicted octanol–water partition coefficient (Wildman–Crippen LogP) is 5.01. The predicted molar refractivity (Wildman–Crippen MR) is 188 cm³/mol. The van der Waals surface area contributed by atoms with Crippen LogP contribution in [0.4, 0.5) is 17.1 Å². The van der Waals surface area contributed by atoms with Crippen LogP contribution < -0.4 is 19.3 Å². The van der Waals surface area contributed by atoms with Crippen LogP contribution in [0, 0.1) is 5.92 Å². The SMILES string of the molecule is COc1ccc2c(c1)[C@](O)([C@@H](C)/C=C/CC(=O)N1Cc3ccccc3C[C@H]1CO)C(=O)N2Cc1ccc(N2C(=O)COc3ccccc32)cc1. The highest BCUT2D eigenvalue weighted by atomic mass is 16.5. The summed E-state index contributed by atoms with van der Waals surface area (Å²) in [6.45, 7) is 2.17. The fourth-order valence-electron chi connectivity index (χ4n) is 7.20. The molecule has 0 aromatic heterocycles. The van der Waals surface area contributed by atoms with E-state index in [0.717, 1.165) is 16.7 Å². The van der Waals surface area contributed by atoms with Crippen LogP contribution in [-0.2, 0) is 39.5 Å². The largest absolute Gasteiger partial charge is 0.497 e. The van der Waals surface area contributed by atoms with Gasteiger partial charge in [0.15, 0.2) is 12.2 Å². The van der Waals surface area contributed by atoms with Gasteiger partial charge < -0.3 is 29.5 Å². The number of methoxy groups -OCH3 is 1. The molecule has 0 unspecified atom stereocenters. The molecule has 4 aromatic carbocycles. The zero-order valence-electron chi connectivity index (χ0n) is 28.0. The Labute approximate surface area is 290 Å². The zero-order valence-corrected chi connectivity index (χ0v) is 28.0. The first-order valence-corrected chi connectivity index (χ1v) is 16.7. The highest BCUT2D eigenvalue weighted by Crippen LogP contribution is 2.47. The third kappa shape index (κ3) is 5.80. The van der Waals surface area contributed by atoms with E-state index in [9.17, 15) is 24.6 Å². The number of carbonyl (C=O) groups is 3. The van der Waals surface area contributed by atoms with Gasteiger partial charge in [0.05, 0.1) is 37.7 Å². The van der Waals surface area contributed by atoms with Gasteiger partial charge in [0.25, 0.3) is 11.8 Å². The van der Waals surface area contributed by atoms with Crippen molar-refractivity contribution < 1.29 is 34.1 Å².